The molecule has 0 aliphatic rings. The normalized spacial score (nSPS) is 11.9. The van der Waals surface area contributed by atoms with Crippen LogP contribution in [0.1, 0.15) is 20.3 Å². The molecule has 1 atom stereocenters. The maximum absolute atomic E-state index is 10.9. The van der Waals surface area contributed by atoms with Crippen LogP contribution < -0.4 is 16.0 Å². The van der Waals surface area contributed by atoms with Gasteiger partial charge in [0.15, 0.2) is 0 Å². The molecule has 94 valence electrons. The van der Waals surface area contributed by atoms with Crippen LogP contribution in [-0.2, 0) is 4.79 Å². The average Bonchev–Trinajstić information content (AvgIpc) is 2.26. The molecule has 0 aliphatic carbocycles. The number of hydrogen-bond acceptors (Lipinski definition) is 3. The molecule has 0 fully saturated rings. The van der Waals surface area contributed by atoms with E-state index in [4.69, 9.17) is 5.73 Å². The first-order chi connectivity index (χ1) is 7.99. The highest BCUT2D eigenvalue weighted by Gasteiger charge is 2.06. The van der Waals surface area contributed by atoms with Crippen molar-refractivity contribution in [1.82, 2.24) is 5.32 Å². The van der Waals surface area contributed by atoms with Crippen molar-refractivity contribution in [3.05, 3.63) is 24.3 Å². The summed E-state index contributed by atoms with van der Waals surface area (Å²) in [7, 11) is 2.03. The van der Waals surface area contributed by atoms with Crippen molar-refractivity contribution in [3.8, 4) is 0 Å². The van der Waals surface area contributed by atoms with E-state index < -0.39 is 0 Å². The Morgan fingerprint density at radius 1 is 1.41 bits per heavy atom. The molecule has 0 spiro atoms. The molecule has 1 aromatic carbocycles. The van der Waals surface area contributed by atoms with Gasteiger partial charge in [-0.1, -0.05) is 0 Å². The Morgan fingerprint density at radius 3 is 2.53 bits per heavy atom. The fraction of sp³-hybridized carbons (Fsp3) is 0.462. The lowest BCUT2D eigenvalue weighted by molar-refractivity contribution is -0.119. The summed E-state index contributed by atoms with van der Waals surface area (Å²) >= 11 is 0. The molecule has 0 bridgehead atoms. The van der Waals surface area contributed by atoms with Gasteiger partial charge in [-0.05, 0) is 37.6 Å². The first-order valence-electron chi connectivity index (χ1n) is 5.83. The highest BCUT2D eigenvalue weighted by Crippen LogP contribution is 2.15. The summed E-state index contributed by atoms with van der Waals surface area (Å²) in [6, 6.07) is 7.98. The Morgan fingerprint density at radius 2 is 2.00 bits per heavy atom. The summed E-state index contributed by atoms with van der Waals surface area (Å²) in [5.74, 6) is 0.0210. The number of carbonyl (C=O) groups is 1. The molecule has 1 amide bonds. The van der Waals surface area contributed by atoms with Gasteiger partial charge in [-0.15, -0.1) is 0 Å². The number of anilines is 2. The summed E-state index contributed by atoms with van der Waals surface area (Å²) < 4.78 is 0. The highest BCUT2D eigenvalue weighted by molar-refractivity contribution is 5.73. The van der Waals surface area contributed by atoms with Crippen LogP contribution >= 0.6 is 0 Å². The molecule has 0 radical (unpaired) electrons. The number of nitrogens with one attached hydrogen (secondary N) is 1. The van der Waals surface area contributed by atoms with Crippen molar-refractivity contribution in [2.45, 2.75) is 26.3 Å². The first kappa shape index (κ1) is 13.4. The second kappa shape index (κ2) is 6.13. The van der Waals surface area contributed by atoms with E-state index >= 15 is 0 Å². The van der Waals surface area contributed by atoms with Gasteiger partial charge in [-0.2, -0.15) is 0 Å². The Labute approximate surface area is 103 Å². The fourth-order valence-corrected chi connectivity index (χ4v) is 1.66. The lowest BCUT2D eigenvalue weighted by Gasteiger charge is -2.22. The van der Waals surface area contributed by atoms with E-state index in [1.807, 2.05) is 38.2 Å². The van der Waals surface area contributed by atoms with Gasteiger partial charge in [0, 0.05) is 37.9 Å². The molecule has 4 heteroatoms. The van der Waals surface area contributed by atoms with Crippen LogP contribution in [0.25, 0.3) is 0 Å². The molecule has 1 aromatic rings. The van der Waals surface area contributed by atoms with Gasteiger partial charge < -0.3 is 16.0 Å². The van der Waals surface area contributed by atoms with E-state index in [0.29, 0.717) is 0 Å². The van der Waals surface area contributed by atoms with Crippen molar-refractivity contribution in [3.63, 3.8) is 0 Å². The molecule has 3 N–H and O–H groups in total. The van der Waals surface area contributed by atoms with E-state index in [-0.39, 0.29) is 11.9 Å². The molecule has 17 heavy (non-hydrogen) atoms. The zero-order chi connectivity index (χ0) is 12.8. The molecule has 1 unspecified atom stereocenters. The molecule has 0 heterocycles. The molecule has 4 nitrogen and oxygen atoms in total. The van der Waals surface area contributed by atoms with Crippen LogP contribution in [0.5, 0.6) is 0 Å². The second-order valence-electron chi connectivity index (χ2n) is 4.40. The molecular formula is C13H21N3O. The number of carbonyl (C=O) groups excluding carboxylic acids is 1. The van der Waals surface area contributed by atoms with E-state index in [1.165, 1.54) is 0 Å². The molecule has 1 rings (SSSR count). The minimum Gasteiger partial charge on any atom is -0.399 e. The van der Waals surface area contributed by atoms with E-state index in [9.17, 15) is 4.79 Å². The van der Waals surface area contributed by atoms with Crippen molar-refractivity contribution in [1.29, 1.82) is 0 Å². The zero-order valence-electron chi connectivity index (χ0n) is 10.7. The summed E-state index contributed by atoms with van der Waals surface area (Å²) in [5, 5.41) is 2.87. The Kier molecular flexibility index (Phi) is 4.82. The number of hydrogen-bond donors (Lipinski definition) is 2. The Balaban J connectivity index is 2.41. The third-order valence-electron chi connectivity index (χ3n) is 2.68. The highest BCUT2D eigenvalue weighted by atomic mass is 16.1. The lowest BCUT2D eigenvalue weighted by Crippen LogP contribution is -2.33. The van der Waals surface area contributed by atoms with Crippen LogP contribution in [0.15, 0.2) is 24.3 Å². The van der Waals surface area contributed by atoms with Crippen LogP contribution in [0.3, 0.4) is 0 Å². The summed E-state index contributed by atoms with van der Waals surface area (Å²) in [6.45, 7) is 4.45. The van der Waals surface area contributed by atoms with Gasteiger partial charge >= 0.3 is 0 Å². The quantitative estimate of drug-likeness (QED) is 0.762. The molecule has 0 aliphatic heterocycles. The van der Waals surface area contributed by atoms with Crippen molar-refractivity contribution >= 4 is 17.3 Å². The SMILES string of the molecule is CC(=O)NC(C)CCN(C)c1ccc(N)cc1. The van der Waals surface area contributed by atoms with Gasteiger partial charge in [-0.25, -0.2) is 0 Å². The Bertz CT molecular complexity index is 361. The van der Waals surface area contributed by atoms with E-state index in [0.717, 1.165) is 24.3 Å². The van der Waals surface area contributed by atoms with Crippen LogP contribution in [0, 0.1) is 0 Å². The summed E-state index contributed by atoms with van der Waals surface area (Å²) in [4.78, 5) is 13.0. The zero-order valence-corrected chi connectivity index (χ0v) is 10.7. The molecular weight excluding hydrogens is 214 g/mol. The van der Waals surface area contributed by atoms with Gasteiger partial charge in [0.05, 0.1) is 0 Å². The number of nitrogens with two attached hydrogens (primary N) is 1. The van der Waals surface area contributed by atoms with Gasteiger partial charge in [0.25, 0.3) is 0 Å². The largest absolute Gasteiger partial charge is 0.399 e. The number of nitrogens with zero attached hydrogens (tertiary/aromatic N) is 1. The monoisotopic (exact) mass is 235 g/mol. The lowest BCUT2D eigenvalue weighted by atomic mass is 10.2. The average molecular weight is 235 g/mol. The summed E-state index contributed by atoms with van der Waals surface area (Å²) in [5.41, 5.74) is 7.54. The topological polar surface area (TPSA) is 58.4 Å². The van der Waals surface area contributed by atoms with Crippen LogP contribution in [0.4, 0.5) is 11.4 Å². The van der Waals surface area contributed by atoms with Gasteiger partial charge in [-0.3, -0.25) is 4.79 Å². The van der Waals surface area contributed by atoms with Crippen molar-refractivity contribution in [2.75, 3.05) is 24.2 Å². The number of amides is 1. The molecule has 0 aromatic heterocycles. The van der Waals surface area contributed by atoms with Crippen LogP contribution in [0.2, 0.25) is 0 Å². The van der Waals surface area contributed by atoms with Gasteiger partial charge in [0.2, 0.25) is 5.91 Å². The van der Waals surface area contributed by atoms with Gasteiger partial charge in [0.1, 0.15) is 0 Å². The fourth-order valence-electron chi connectivity index (χ4n) is 1.66. The predicted octanol–water partition coefficient (Wildman–Crippen LogP) is 1.62. The third-order valence-corrected chi connectivity index (χ3v) is 2.68. The molecule has 0 saturated heterocycles. The standard InChI is InChI=1S/C13H21N3O/c1-10(15-11(2)17)8-9-16(3)13-6-4-12(14)5-7-13/h4-7,10H,8-9,14H2,1-3H3,(H,15,17). The predicted molar refractivity (Wildman–Crippen MR) is 72.0 cm³/mol. The number of benzene rings is 1. The Hall–Kier alpha value is -1.71. The minimum atomic E-state index is 0.0210. The smallest absolute Gasteiger partial charge is 0.217 e. The minimum absolute atomic E-state index is 0.0210. The number of rotatable bonds is 5. The van der Waals surface area contributed by atoms with Crippen LogP contribution in [-0.4, -0.2) is 25.5 Å². The number of nitrogen functional groups attached to an aromatic ring is 1. The molecule has 0 saturated carbocycles. The second-order valence-corrected chi connectivity index (χ2v) is 4.40. The third kappa shape index (κ3) is 4.76. The van der Waals surface area contributed by atoms with E-state index in [2.05, 4.69) is 10.2 Å². The van der Waals surface area contributed by atoms with Crippen molar-refractivity contribution in [2.24, 2.45) is 0 Å². The summed E-state index contributed by atoms with van der Waals surface area (Å²) in [6.07, 6.45) is 0.917. The van der Waals surface area contributed by atoms with E-state index in [1.54, 1.807) is 6.92 Å². The first-order valence-corrected chi connectivity index (χ1v) is 5.83. The maximum Gasteiger partial charge on any atom is 0.217 e. The maximum atomic E-state index is 10.9. The van der Waals surface area contributed by atoms with Crippen molar-refractivity contribution < 1.29 is 4.79 Å².